The van der Waals surface area contributed by atoms with Crippen molar-refractivity contribution in [3.05, 3.63) is 0 Å². The molecule has 0 aliphatic rings. The van der Waals surface area contributed by atoms with Crippen LogP contribution in [0.3, 0.4) is 0 Å². The van der Waals surface area contributed by atoms with Crippen LogP contribution in [0.15, 0.2) is 0 Å². The molecule has 0 unspecified atom stereocenters. The summed E-state index contributed by atoms with van der Waals surface area (Å²) in [5.74, 6) is 0. The Morgan fingerprint density at radius 2 is 1.57 bits per heavy atom. The van der Waals surface area contributed by atoms with E-state index in [0.29, 0.717) is 0 Å². The quantitative estimate of drug-likeness (QED) is 0.433. The molecule has 14 heavy (non-hydrogen) atoms. The van der Waals surface area contributed by atoms with Gasteiger partial charge in [-0.2, -0.15) is 0 Å². The van der Waals surface area contributed by atoms with Gasteiger partial charge in [0.25, 0.3) is 0 Å². The van der Waals surface area contributed by atoms with Crippen LogP contribution >= 0.6 is 0 Å². The van der Waals surface area contributed by atoms with Crippen LogP contribution in [-0.2, 0) is 3.79 Å². The maximum atomic E-state index is 5.89. The smallest absolute Gasteiger partial charge is 0.460 e. The average Bonchev–Trinajstić information content (AvgIpc) is 2.24. The lowest BCUT2D eigenvalue weighted by molar-refractivity contribution is 0.249. The van der Waals surface area contributed by atoms with E-state index in [2.05, 4.69) is 32.6 Å². The second-order valence-electron chi connectivity index (χ2n) is 3.69. The predicted molar refractivity (Wildman–Crippen MR) is 65.1 cm³/mol. The van der Waals surface area contributed by atoms with Crippen LogP contribution in [-0.4, -0.2) is 45.6 Å². The first-order chi connectivity index (χ1) is 6.78. The molecule has 3 heteroatoms. The Balaban J connectivity index is 3.35. The number of hydrogen-bond donors (Lipinski definition) is 0. The van der Waals surface area contributed by atoms with E-state index in [4.69, 9.17) is 3.79 Å². The molecule has 0 saturated heterocycles. The zero-order valence-electron chi connectivity index (χ0n) is 10.4. The van der Waals surface area contributed by atoms with E-state index in [9.17, 15) is 0 Å². The van der Waals surface area contributed by atoms with Crippen LogP contribution < -0.4 is 0 Å². The van der Waals surface area contributed by atoms with Gasteiger partial charge in [-0.25, -0.2) is 0 Å². The highest BCUT2D eigenvalue weighted by Gasteiger charge is 2.13. The van der Waals surface area contributed by atoms with E-state index in [0.717, 1.165) is 6.61 Å². The molecule has 2 nitrogen and oxygen atoms in total. The van der Waals surface area contributed by atoms with Gasteiger partial charge in [-0.15, -0.1) is 0 Å². The van der Waals surface area contributed by atoms with Crippen LogP contribution in [0.4, 0.5) is 0 Å². The summed E-state index contributed by atoms with van der Waals surface area (Å²) in [6, 6.07) is 0. The van der Waals surface area contributed by atoms with E-state index < -0.39 is 14.5 Å². The van der Waals surface area contributed by atoms with Crippen molar-refractivity contribution in [2.24, 2.45) is 0 Å². The lowest BCUT2D eigenvalue weighted by Crippen LogP contribution is -2.26. The highest BCUT2D eigenvalue weighted by Crippen LogP contribution is 2.01. The number of rotatable bonds is 9. The van der Waals surface area contributed by atoms with Crippen molar-refractivity contribution in [2.75, 3.05) is 26.2 Å². The minimum absolute atomic E-state index is 0.791. The molecule has 0 bridgehead atoms. The number of nitrogens with zero attached hydrogens (tertiary/aromatic N) is 1. The molecule has 0 aliphatic heterocycles. The van der Waals surface area contributed by atoms with E-state index in [1.54, 1.807) is 0 Å². The average molecular weight is 215 g/mol. The predicted octanol–water partition coefficient (Wildman–Crippen LogP) is 2.77. The molecule has 0 atom stereocenters. The minimum Gasteiger partial charge on any atom is -0.501 e. The first-order valence-corrected chi connectivity index (χ1v) is 8.22. The summed E-state index contributed by atoms with van der Waals surface area (Å²) >= 11 is -0.791. The van der Waals surface area contributed by atoms with Gasteiger partial charge in [-0.05, 0) is 19.5 Å². The summed E-state index contributed by atoms with van der Waals surface area (Å²) in [4.78, 5) is 2.46. The Morgan fingerprint density at radius 3 is 2.00 bits per heavy atom. The van der Waals surface area contributed by atoms with Crippen molar-refractivity contribution >= 4 is 14.5 Å². The molecular formula is C11H26AlNO. The maximum absolute atomic E-state index is 5.89. The summed E-state index contributed by atoms with van der Waals surface area (Å²) in [5.41, 5.74) is 0. The van der Waals surface area contributed by atoms with Crippen LogP contribution in [0.25, 0.3) is 0 Å². The van der Waals surface area contributed by atoms with Crippen molar-refractivity contribution < 1.29 is 3.79 Å². The molecule has 84 valence electrons. The molecular weight excluding hydrogens is 189 g/mol. The second kappa shape index (κ2) is 9.99. The Morgan fingerprint density at radius 1 is 1.00 bits per heavy atom. The lowest BCUT2D eigenvalue weighted by atomic mass is 10.4. The third kappa shape index (κ3) is 6.84. The standard InChI is InChI=1S/C7H16NO.2C2H5.Al/c1-3-8(4-2)6-5-7-9;2*1-2;/h3-7H2,1-2H3;2*1H2,2H3;/q-1;;;+1. The molecule has 0 fully saturated rings. The van der Waals surface area contributed by atoms with E-state index >= 15 is 0 Å². The third-order valence-electron chi connectivity index (χ3n) is 2.78. The molecule has 0 spiro atoms. The monoisotopic (exact) mass is 215 g/mol. The zero-order chi connectivity index (χ0) is 10.8. The van der Waals surface area contributed by atoms with Gasteiger partial charge in [0, 0.05) is 13.2 Å². The fraction of sp³-hybridized carbons (Fsp3) is 1.00. The topological polar surface area (TPSA) is 12.5 Å². The normalized spacial score (nSPS) is 10.9. The lowest BCUT2D eigenvalue weighted by Gasteiger charge is -2.18. The SMILES string of the molecule is CCN(CC)CCC[O][Al]([CH2]C)[CH2]C. The van der Waals surface area contributed by atoms with E-state index in [1.807, 2.05) is 0 Å². The summed E-state index contributed by atoms with van der Waals surface area (Å²) in [6.07, 6.45) is 1.20. The largest absolute Gasteiger partial charge is 0.501 e. The zero-order valence-corrected chi connectivity index (χ0v) is 11.5. The van der Waals surface area contributed by atoms with Crippen molar-refractivity contribution in [1.82, 2.24) is 4.90 Å². The van der Waals surface area contributed by atoms with Crippen LogP contribution in [0.5, 0.6) is 0 Å². The first kappa shape index (κ1) is 14.5. The third-order valence-corrected chi connectivity index (χ3v) is 5.31. The molecule has 0 aromatic carbocycles. The van der Waals surface area contributed by atoms with Gasteiger partial charge in [0.1, 0.15) is 0 Å². The van der Waals surface area contributed by atoms with E-state index in [-0.39, 0.29) is 0 Å². The molecule has 0 radical (unpaired) electrons. The summed E-state index contributed by atoms with van der Waals surface area (Å²) in [5, 5.41) is 2.56. The van der Waals surface area contributed by atoms with Crippen molar-refractivity contribution in [2.45, 2.75) is 44.7 Å². The highest BCUT2D eigenvalue weighted by atomic mass is 27.2. The summed E-state index contributed by atoms with van der Waals surface area (Å²) < 4.78 is 5.89. The van der Waals surface area contributed by atoms with Crippen molar-refractivity contribution in [3.8, 4) is 0 Å². The molecule has 0 rings (SSSR count). The molecule has 0 aromatic heterocycles. The van der Waals surface area contributed by atoms with E-state index in [1.165, 1.54) is 36.6 Å². The molecule has 0 saturated carbocycles. The summed E-state index contributed by atoms with van der Waals surface area (Å²) in [6.45, 7) is 13.5. The van der Waals surface area contributed by atoms with Crippen molar-refractivity contribution in [1.29, 1.82) is 0 Å². The molecule has 0 heterocycles. The van der Waals surface area contributed by atoms with Gasteiger partial charge < -0.3 is 8.69 Å². The second-order valence-corrected chi connectivity index (χ2v) is 6.90. The maximum Gasteiger partial charge on any atom is 0.460 e. The highest BCUT2D eigenvalue weighted by molar-refractivity contribution is 6.51. The Bertz CT molecular complexity index is 99.9. The van der Waals surface area contributed by atoms with Crippen LogP contribution in [0, 0.1) is 0 Å². The van der Waals surface area contributed by atoms with Gasteiger partial charge in [0.15, 0.2) is 0 Å². The van der Waals surface area contributed by atoms with Gasteiger partial charge in [0.05, 0.1) is 0 Å². The minimum atomic E-state index is -0.791. The Kier molecular flexibility index (Phi) is 10.3. The van der Waals surface area contributed by atoms with Crippen LogP contribution in [0.1, 0.15) is 34.1 Å². The van der Waals surface area contributed by atoms with Gasteiger partial charge in [0.2, 0.25) is 0 Å². The fourth-order valence-corrected chi connectivity index (χ4v) is 3.15. The summed E-state index contributed by atoms with van der Waals surface area (Å²) in [7, 11) is 0. The van der Waals surface area contributed by atoms with Crippen molar-refractivity contribution in [3.63, 3.8) is 0 Å². The Labute approximate surface area is 94.3 Å². The molecule has 0 N–H and O–H groups in total. The Hall–Kier alpha value is 0.452. The fourth-order valence-electron chi connectivity index (χ4n) is 1.60. The van der Waals surface area contributed by atoms with Gasteiger partial charge >= 0.3 is 14.5 Å². The number of hydrogen-bond acceptors (Lipinski definition) is 2. The first-order valence-electron chi connectivity index (χ1n) is 6.12. The van der Waals surface area contributed by atoms with Crippen LogP contribution in [0.2, 0.25) is 10.6 Å². The van der Waals surface area contributed by atoms with Gasteiger partial charge in [-0.3, -0.25) is 0 Å². The van der Waals surface area contributed by atoms with Gasteiger partial charge in [-0.1, -0.05) is 38.3 Å². The molecule has 0 aliphatic carbocycles. The molecule has 0 aromatic rings. The molecule has 0 amide bonds.